The number of nitrogens with zero attached hydrogens (tertiary/aromatic N) is 2. The predicted molar refractivity (Wildman–Crippen MR) is 99.6 cm³/mol. The molecule has 1 aromatic carbocycles. The minimum absolute atomic E-state index is 0.00113. The first kappa shape index (κ1) is 21.3. The van der Waals surface area contributed by atoms with E-state index in [4.69, 9.17) is 0 Å². The fraction of sp³-hybridized carbons (Fsp3) is 0.444. The van der Waals surface area contributed by atoms with Crippen LogP contribution in [0.25, 0.3) is 0 Å². The van der Waals surface area contributed by atoms with E-state index in [0.717, 1.165) is 12.1 Å². The maximum absolute atomic E-state index is 13.0. The zero-order valence-corrected chi connectivity index (χ0v) is 16.7. The SMILES string of the molecule is Cc1n[nH]c(C)c1S(=O)(=O)N1CCCC(C(=O)Nc2ccc(C(F)(F)F)cc2)C1. The number of anilines is 1. The molecule has 3 rings (SSSR count). The van der Waals surface area contributed by atoms with Crippen molar-refractivity contribution in [3.63, 3.8) is 0 Å². The Labute approximate surface area is 166 Å². The summed E-state index contributed by atoms with van der Waals surface area (Å²) in [4.78, 5) is 12.7. The lowest BCUT2D eigenvalue weighted by Crippen LogP contribution is -2.43. The largest absolute Gasteiger partial charge is 0.416 e. The van der Waals surface area contributed by atoms with E-state index in [1.165, 1.54) is 16.4 Å². The summed E-state index contributed by atoms with van der Waals surface area (Å²) >= 11 is 0. The van der Waals surface area contributed by atoms with Gasteiger partial charge in [-0.2, -0.15) is 22.6 Å². The van der Waals surface area contributed by atoms with E-state index in [2.05, 4.69) is 15.5 Å². The van der Waals surface area contributed by atoms with Gasteiger partial charge >= 0.3 is 6.18 Å². The number of aryl methyl sites for hydroxylation is 2. The van der Waals surface area contributed by atoms with Crippen molar-refractivity contribution >= 4 is 21.6 Å². The van der Waals surface area contributed by atoms with Crippen LogP contribution in [-0.2, 0) is 21.0 Å². The molecule has 0 bridgehead atoms. The lowest BCUT2D eigenvalue weighted by atomic mass is 9.98. The molecule has 11 heteroatoms. The van der Waals surface area contributed by atoms with Crippen LogP contribution in [0.4, 0.5) is 18.9 Å². The Morgan fingerprint density at radius 2 is 1.90 bits per heavy atom. The number of halogens is 3. The maximum Gasteiger partial charge on any atom is 0.416 e. The van der Waals surface area contributed by atoms with Gasteiger partial charge in [0.05, 0.1) is 22.9 Å². The third-order valence-corrected chi connectivity index (χ3v) is 7.02. The number of H-pyrrole nitrogens is 1. The number of sulfonamides is 1. The first-order chi connectivity index (χ1) is 13.5. The zero-order chi connectivity index (χ0) is 21.4. The smallest absolute Gasteiger partial charge is 0.326 e. The van der Waals surface area contributed by atoms with Crippen LogP contribution in [0, 0.1) is 19.8 Å². The van der Waals surface area contributed by atoms with Gasteiger partial charge in [0.1, 0.15) is 4.90 Å². The molecule has 2 heterocycles. The van der Waals surface area contributed by atoms with Crippen molar-refractivity contribution in [3.05, 3.63) is 41.2 Å². The standard InChI is InChI=1S/C18H21F3N4O3S/c1-11-16(12(2)24-23-11)29(27,28)25-9-3-4-13(10-25)17(26)22-15-7-5-14(6-8-15)18(19,20)21/h5-8,13H,3-4,9-10H2,1-2H3,(H,22,26)(H,23,24). The molecule has 1 amide bonds. The average molecular weight is 430 g/mol. The lowest BCUT2D eigenvalue weighted by molar-refractivity contribution is -0.137. The number of aromatic nitrogens is 2. The van der Waals surface area contributed by atoms with Gasteiger partial charge < -0.3 is 5.32 Å². The molecule has 2 aromatic rings. The second-order valence-corrected chi connectivity index (χ2v) is 8.90. The van der Waals surface area contributed by atoms with E-state index < -0.39 is 33.6 Å². The zero-order valence-electron chi connectivity index (χ0n) is 15.9. The molecule has 0 spiro atoms. The highest BCUT2D eigenvalue weighted by molar-refractivity contribution is 7.89. The summed E-state index contributed by atoms with van der Waals surface area (Å²) in [6, 6.07) is 4.13. The van der Waals surface area contributed by atoms with Crippen molar-refractivity contribution in [1.29, 1.82) is 0 Å². The van der Waals surface area contributed by atoms with Gasteiger partial charge in [-0.1, -0.05) is 0 Å². The van der Waals surface area contributed by atoms with Gasteiger partial charge in [-0.3, -0.25) is 9.89 Å². The van der Waals surface area contributed by atoms with Crippen LogP contribution < -0.4 is 5.32 Å². The molecule has 1 saturated heterocycles. The van der Waals surface area contributed by atoms with Crippen molar-refractivity contribution < 1.29 is 26.4 Å². The van der Waals surface area contributed by atoms with Gasteiger partial charge in [-0.05, 0) is 51.0 Å². The van der Waals surface area contributed by atoms with Gasteiger partial charge in [-0.25, -0.2) is 8.42 Å². The molecule has 1 aliphatic rings. The number of piperidine rings is 1. The van der Waals surface area contributed by atoms with Gasteiger partial charge in [0.2, 0.25) is 15.9 Å². The quantitative estimate of drug-likeness (QED) is 0.779. The van der Waals surface area contributed by atoms with Crippen molar-refractivity contribution in [1.82, 2.24) is 14.5 Å². The van der Waals surface area contributed by atoms with Crippen LogP contribution >= 0.6 is 0 Å². The van der Waals surface area contributed by atoms with Crippen molar-refractivity contribution in [2.75, 3.05) is 18.4 Å². The van der Waals surface area contributed by atoms with Gasteiger partial charge in [0.25, 0.3) is 0 Å². The van der Waals surface area contributed by atoms with Gasteiger partial charge in [-0.15, -0.1) is 0 Å². The Hall–Kier alpha value is -2.40. The molecule has 0 radical (unpaired) electrons. The molecule has 1 aromatic heterocycles. The van der Waals surface area contributed by atoms with Crippen molar-refractivity contribution in [3.8, 4) is 0 Å². The van der Waals surface area contributed by atoms with Crippen LogP contribution in [0.2, 0.25) is 0 Å². The first-order valence-corrected chi connectivity index (χ1v) is 10.4. The molecule has 1 aliphatic heterocycles. The van der Waals surface area contributed by atoms with E-state index in [9.17, 15) is 26.4 Å². The number of hydrogen-bond acceptors (Lipinski definition) is 4. The summed E-state index contributed by atoms with van der Waals surface area (Å²) in [6.07, 6.45) is -3.47. The lowest BCUT2D eigenvalue weighted by Gasteiger charge is -2.31. The molecule has 1 fully saturated rings. The molecule has 0 saturated carbocycles. The second kappa shape index (κ2) is 7.79. The molecular weight excluding hydrogens is 409 g/mol. The Morgan fingerprint density at radius 1 is 1.24 bits per heavy atom. The Bertz CT molecular complexity index is 981. The third kappa shape index (κ3) is 4.45. The minimum Gasteiger partial charge on any atom is -0.326 e. The number of benzene rings is 1. The summed E-state index contributed by atoms with van der Waals surface area (Å²) in [7, 11) is -3.81. The topological polar surface area (TPSA) is 95.2 Å². The van der Waals surface area contributed by atoms with Crippen molar-refractivity contribution in [2.24, 2.45) is 5.92 Å². The highest BCUT2D eigenvalue weighted by atomic mass is 32.2. The number of carbonyl (C=O) groups is 1. The predicted octanol–water partition coefficient (Wildman–Crippen LogP) is 3.08. The first-order valence-electron chi connectivity index (χ1n) is 9.00. The summed E-state index contributed by atoms with van der Waals surface area (Å²) < 4.78 is 65.1. The summed E-state index contributed by atoms with van der Waals surface area (Å²) in [5, 5.41) is 9.14. The van der Waals surface area contributed by atoms with E-state index in [1.807, 2.05) is 0 Å². The summed E-state index contributed by atoms with van der Waals surface area (Å²) in [5.74, 6) is -1.03. The van der Waals surface area contributed by atoms with Crippen LogP contribution in [0.1, 0.15) is 29.8 Å². The van der Waals surface area contributed by atoms with Crippen molar-refractivity contribution in [2.45, 2.75) is 37.8 Å². The monoisotopic (exact) mass is 430 g/mol. The van der Waals surface area contributed by atoms with Crippen LogP contribution in [-0.4, -0.2) is 41.9 Å². The van der Waals surface area contributed by atoms with E-state index in [0.29, 0.717) is 24.2 Å². The van der Waals surface area contributed by atoms with Gasteiger partial charge in [0.15, 0.2) is 0 Å². The summed E-state index contributed by atoms with van der Waals surface area (Å²) in [6.45, 7) is 3.50. The van der Waals surface area contributed by atoms with Gasteiger partial charge in [0, 0.05) is 18.8 Å². The molecular formula is C18H21F3N4O3S. The van der Waals surface area contributed by atoms with Crippen LogP contribution in [0.5, 0.6) is 0 Å². The second-order valence-electron chi connectivity index (χ2n) is 7.03. The number of carbonyl (C=O) groups excluding carboxylic acids is 1. The fourth-order valence-corrected chi connectivity index (χ4v) is 5.27. The molecule has 158 valence electrons. The molecule has 7 nitrogen and oxygen atoms in total. The van der Waals surface area contributed by atoms with Crippen LogP contribution in [0.3, 0.4) is 0 Å². The number of alkyl halides is 3. The third-order valence-electron chi connectivity index (χ3n) is 4.89. The number of nitrogens with one attached hydrogen (secondary N) is 2. The molecule has 1 atom stereocenters. The normalized spacial score (nSPS) is 18.6. The number of aromatic amines is 1. The minimum atomic E-state index is -4.45. The van der Waals surface area contributed by atoms with Crippen LogP contribution in [0.15, 0.2) is 29.2 Å². The maximum atomic E-state index is 13.0. The van der Waals surface area contributed by atoms with E-state index in [1.54, 1.807) is 13.8 Å². The number of rotatable bonds is 4. The molecule has 29 heavy (non-hydrogen) atoms. The Kier molecular flexibility index (Phi) is 5.72. The molecule has 0 aliphatic carbocycles. The Morgan fingerprint density at radius 3 is 2.45 bits per heavy atom. The number of hydrogen-bond donors (Lipinski definition) is 2. The highest BCUT2D eigenvalue weighted by Gasteiger charge is 2.36. The molecule has 2 N–H and O–H groups in total. The Balaban J connectivity index is 1.71. The van der Waals surface area contributed by atoms with E-state index >= 15 is 0 Å². The number of amides is 1. The highest BCUT2D eigenvalue weighted by Crippen LogP contribution is 2.30. The molecule has 1 unspecified atom stereocenters. The fourth-order valence-electron chi connectivity index (χ4n) is 3.41. The van der Waals surface area contributed by atoms with E-state index in [-0.39, 0.29) is 23.7 Å². The summed E-state index contributed by atoms with van der Waals surface area (Å²) in [5.41, 5.74) is 0.207. The average Bonchev–Trinajstić information content (AvgIpc) is 3.00.